The van der Waals surface area contributed by atoms with Gasteiger partial charge in [0, 0.05) is 19.2 Å². The number of hydrogen-bond acceptors (Lipinski definition) is 4. The van der Waals surface area contributed by atoms with Crippen LogP contribution < -0.4 is 10.9 Å². The smallest absolute Gasteiger partial charge is 0.271 e. The first-order chi connectivity index (χ1) is 9.75. The zero-order valence-corrected chi connectivity index (χ0v) is 13.2. The summed E-state index contributed by atoms with van der Waals surface area (Å²) in [7, 11) is 0. The molecule has 21 heavy (non-hydrogen) atoms. The molecule has 0 aromatic carbocycles. The number of nitrogens with one attached hydrogen (secondary N) is 1. The average Bonchev–Trinajstić information content (AvgIpc) is 2.37. The third kappa shape index (κ3) is 5.67. The molecule has 6 nitrogen and oxygen atoms in total. The van der Waals surface area contributed by atoms with E-state index in [1.807, 2.05) is 20.8 Å². The van der Waals surface area contributed by atoms with Gasteiger partial charge in [-0.15, -0.1) is 0 Å². The van der Waals surface area contributed by atoms with E-state index in [4.69, 9.17) is 0 Å². The minimum Gasteiger partial charge on any atom is -0.388 e. The second-order valence-corrected chi connectivity index (χ2v) is 6.06. The number of hydrogen-bond donors (Lipinski definition) is 2. The topological polar surface area (TPSA) is 84.2 Å². The lowest BCUT2D eigenvalue weighted by Crippen LogP contribution is -2.42. The lowest BCUT2D eigenvalue weighted by atomic mass is 9.94. The van der Waals surface area contributed by atoms with Gasteiger partial charge in [0.15, 0.2) is 0 Å². The molecule has 0 radical (unpaired) electrons. The SMILES string of the molecule is CCCn1nc(C(=O)NCC(C)(O)CC(C)C)ccc1=O. The lowest BCUT2D eigenvalue weighted by Gasteiger charge is -2.25. The monoisotopic (exact) mass is 295 g/mol. The van der Waals surface area contributed by atoms with Crippen LogP contribution in [-0.2, 0) is 6.54 Å². The van der Waals surface area contributed by atoms with Gasteiger partial charge in [-0.1, -0.05) is 20.8 Å². The Morgan fingerprint density at radius 2 is 2.14 bits per heavy atom. The van der Waals surface area contributed by atoms with Crippen LogP contribution in [0.4, 0.5) is 0 Å². The van der Waals surface area contributed by atoms with Gasteiger partial charge in [0.05, 0.1) is 5.60 Å². The summed E-state index contributed by atoms with van der Waals surface area (Å²) in [6, 6.07) is 2.74. The number of nitrogens with zero attached hydrogens (tertiary/aromatic N) is 2. The number of rotatable bonds is 7. The average molecular weight is 295 g/mol. The Bertz CT molecular complexity index is 535. The molecule has 1 heterocycles. The molecule has 0 bridgehead atoms. The van der Waals surface area contributed by atoms with E-state index in [1.54, 1.807) is 6.92 Å². The van der Waals surface area contributed by atoms with Crippen molar-refractivity contribution in [2.75, 3.05) is 6.54 Å². The second kappa shape index (κ2) is 7.36. The van der Waals surface area contributed by atoms with Gasteiger partial charge in [-0.25, -0.2) is 4.68 Å². The summed E-state index contributed by atoms with van der Waals surface area (Å²) in [6.45, 7) is 8.28. The highest BCUT2D eigenvalue weighted by Crippen LogP contribution is 2.15. The van der Waals surface area contributed by atoms with Gasteiger partial charge in [-0.3, -0.25) is 9.59 Å². The summed E-state index contributed by atoms with van der Waals surface area (Å²) in [5, 5.41) is 16.9. The van der Waals surface area contributed by atoms with Crippen LogP contribution in [0.1, 0.15) is 51.0 Å². The zero-order valence-electron chi connectivity index (χ0n) is 13.2. The Balaban J connectivity index is 2.72. The van der Waals surface area contributed by atoms with E-state index in [1.165, 1.54) is 16.8 Å². The van der Waals surface area contributed by atoms with Crippen molar-refractivity contribution in [1.29, 1.82) is 0 Å². The zero-order chi connectivity index (χ0) is 16.0. The van der Waals surface area contributed by atoms with E-state index < -0.39 is 5.60 Å². The summed E-state index contributed by atoms with van der Waals surface area (Å²) in [5.74, 6) is -0.0506. The molecule has 0 spiro atoms. The molecule has 0 saturated heterocycles. The van der Waals surface area contributed by atoms with Crippen molar-refractivity contribution < 1.29 is 9.90 Å². The van der Waals surface area contributed by atoms with Crippen molar-refractivity contribution in [2.45, 2.75) is 52.7 Å². The third-order valence-electron chi connectivity index (χ3n) is 3.01. The van der Waals surface area contributed by atoms with Gasteiger partial charge >= 0.3 is 0 Å². The van der Waals surface area contributed by atoms with Crippen molar-refractivity contribution in [3.63, 3.8) is 0 Å². The van der Waals surface area contributed by atoms with Crippen LogP contribution in [0.15, 0.2) is 16.9 Å². The van der Waals surface area contributed by atoms with Crippen molar-refractivity contribution in [3.05, 3.63) is 28.2 Å². The number of aromatic nitrogens is 2. The minimum absolute atomic E-state index is 0.151. The maximum Gasteiger partial charge on any atom is 0.271 e. The first-order valence-corrected chi connectivity index (χ1v) is 7.34. The van der Waals surface area contributed by atoms with E-state index in [0.717, 1.165) is 6.42 Å². The number of amides is 1. The maximum absolute atomic E-state index is 12.0. The molecule has 2 N–H and O–H groups in total. The molecule has 0 fully saturated rings. The molecule has 1 amide bonds. The summed E-state index contributed by atoms with van der Waals surface area (Å²) in [6.07, 6.45) is 1.36. The molecule has 0 aliphatic rings. The Labute approximate surface area is 125 Å². The normalized spacial score (nSPS) is 14.0. The van der Waals surface area contributed by atoms with E-state index in [2.05, 4.69) is 10.4 Å². The first-order valence-electron chi connectivity index (χ1n) is 7.34. The van der Waals surface area contributed by atoms with Gasteiger partial charge in [0.2, 0.25) is 0 Å². The van der Waals surface area contributed by atoms with Crippen LogP contribution in [-0.4, -0.2) is 32.9 Å². The Morgan fingerprint density at radius 1 is 1.48 bits per heavy atom. The summed E-state index contributed by atoms with van der Waals surface area (Å²) in [4.78, 5) is 23.6. The van der Waals surface area contributed by atoms with E-state index in [0.29, 0.717) is 18.9 Å². The molecule has 1 rings (SSSR count). The van der Waals surface area contributed by atoms with Crippen LogP contribution in [0.2, 0.25) is 0 Å². The standard InChI is InChI=1S/C15H25N3O3/c1-5-8-18-13(19)7-6-12(17-18)14(20)16-10-15(4,21)9-11(2)3/h6-7,11,21H,5,8-10H2,1-4H3,(H,16,20). The van der Waals surface area contributed by atoms with Gasteiger partial charge in [0.1, 0.15) is 5.69 Å². The van der Waals surface area contributed by atoms with Gasteiger partial charge in [-0.05, 0) is 31.7 Å². The largest absolute Gasteiger partial charge is 0.388 e. The number of carbonyl (C=O) groups is 1. The Morgan fingerprint density at radius 3 is 2.71 bits per heavy atom. The molecule has 118 valence electrons. The third-order valence-corrected chi connectivity index (χ3v) is 3.01. The van der Waals surface area contributed by atoms with Gasteiger partial charge in [-0.2, -0.15) is 5.10 Å². The Kier molecular flexibility index (Phi) is 6.08. The maximum atomic E-state index is 12.0. The predicted octanol–water partition coefficient (Wildman–Crippen LogP) is 1.18. The fourth-order valence-corrected chi connectivity index (χ4v) is 2.25. The van der Waals surface area contributed by atoms with E-state index in [9.17, 15) is 14.7 Å². The van der Waals surface area contributed by atoms with Gasteiger partial charge in [0.25, 0.3) is 11.5 Å². The Hall–Kier alpha value is -1.69. The van der Waals surface area contributed by atoms with Gasteiger partial charge < -0.3 is 10.4 Å². The fourth-order valence-electron chi connectivity index (χ4n) is 2.25. The fraction of sp³-hybridized carbons (Fsp3) is 0.667. The summed E-state index contributed by atoms with van der Waals surface area (Å²) >= 11 is 0. The minimum atomic E-state index is -0.957. The number of carbonyl (C=O) groups excluding carboxylic acids is 1. The van der Waals surface area contributed by atoms with Crippen molar-refractivity contribution in [1.82, 2.24) is 15.1 Å². The molecule has 1 aromatic heterocycles. The highest BCUT2D eigenvalue weighted by molar-refractivity contribution is 5.92. The molecule has 0 aliphatic heterocycles. The number of aryl methyl sites for hydroxylation is 1. The molecule has 6 heteroatoms. The van der Waals surface area contributed by atoms with Crippen LogP contribution in [0, 0.1) is 5.92 Å². The van der Waals surface area contributed by atoms with Crippen molar-refractivity contribution in [2.24, 2.45) is 5.92 Å². The van der Waals surface area contributed by atoms with Crippen LogP contribution in [0.3, 0.4) is 0 Å². The van der Waals surface area contributed by atoms with Crippen LogP contribution >= 0.6 is 0 Å². The quantitative estimate of drug-likeness (QED) is 0.791. The number of aliphatic hydroxyl groups is 1. The van der Waals surface area contributed by atoms with Crippen molar-refractivity contribution in [3.8, 4) is 0 Å². The lowest BCUT2D eigenvalue weighted by molar-refractivity contribution is 0.0367. The molecule has 1 atom stereocenters. The highest BCUT2D eigenvalue weighted by atomic mass is 16.3. The molecular weight excluding hydrogens is 270 g/mol. The van der Waals surface area contributed by atoms with Crippen molar-refractivity contribution >= 4 is 5.91 Å². The predicted molar refractivity (Wildman–Crippen MR) is 81.2 cm³/mol. The van der Waals surface area contributed by atoms with E-state index in [-0.39, 0.29) is 23.7 Å². The van der Waals surface area contributed by atoms with Crippen LogP contribution in [0.25, 0.3) is 0 Å². The van der Waals surface area contributed by atoms with E-state index >= 15 is 0 Å². The first kappa shape index (κ1) is 17.4. The molecular formula is C15H25N3O3. The second-order valence-electron chi connectivity index (χ2n) is 6.06. The molecule has 0 saturated carbocycles. The molecule has 1 aromatic rings. The molecule has 1 unspecified atom stereocenters. The summed E-state index contributed by atoms with van der Waals surface area (Å²) < 4.78 is 1.28. The highest BCUT2D eigenvalue weighted by Gasteiger charge is 2.23. The molecule has 0 aliphatic carbocycles. The van der Waals surface area contributed by atoms with Crippen LogP contribution in [0.5, 0.6) is 0 Å². The summed E-state index contributed by atoms with van der Waals surface area (Å²) in [5.41, 5.74) is -0.995.